The number of hydrogen-bond donors (Lipinski definition) is 2. The van der Waals surface area contributed by atoms with Crippen LogP contribution in [0.15, 0.2) is 21.5 Å². The van der Waals surface area contributed by atoms with Crippen molar-refractivity contribution in [3.05, 3.63) is 27.7 Å². The molecular weight excluding hydrogens is 348 g/mol. The predicted octanol–water partition coefficient (Wildman–Crippen LogP) is 2.00. The van der Waals surface area contributed by atoms with Gasteiger partial charge in [-0.05, 0) is 52.2 Å². The summed E-state index contributed by atoms with van der Waals surface area (Å²) in [5.41, 5.74) is 7.31. The van der Waals surface area contributed by atoms with E-state index in [1.807, 2.05) is 13.0 Å². The fourth-order valence-corrected chi connectivity index (χ4v) is 5.63. The molecular formula is C12H17BrN2O2S2. The summed E-state index contributed by atoms with van der Waals surface area (Å²) in [6.45, 7) is 2.20. The van der Waals surface area contributed by atoms with Crippen LogP contribution in [-0.4, -0.2) is 26.0 Å². The second-order valence-electron chi connectivity index (χ2n) is 4.61. The lowest BCUT2D eigenvalue weighted by Crippen LogP contribution is -2.35. The van der Waals surface area contributed by atoms with E-state index in [4.69, 9.17) is 5.73 Å². The van der Waals surface area contributed by atoms with Crippen LogP contribution >= 0.6 is 27.7 Å². The highest BCUT2D eigenvalue weighted by atomic mass is 79.9. The van der Waals surface area contributed by atoms with Crippen LogP contribution in [0.2, 0.25) is 0 Å². The van der Waals surface area contributed by atoms with E-state index in [1.54, 1.807) is 17.8 Å². The van der Waals surface area contributed by atoms with Gasteiger partial charge < -0.3 is 5.73 Å². The Hall–Kier alpha value is -0.0800. The highest BCUT2D eigenvalue weighted by Crippen LogP contribution is 2.28. The van der Waals surface area contributed by atoms with Crippen LogP contribution in [0.3, 0.4) is 0 Å². The molecule has 0 radical (unpaired) electrons. The maximum atomic E-state index is 12.4. The number of aryl methyl sites for hydroxylation is 1. The monoisotopic (exact) mass is 364 g/mol. The first-order chi connectivity index (χ1) is 8.94. The summed E-state index contributed by atoms with van der Waals surface area (Å²) < 4.78 is 28.3. The van der Waals surface area contributed by atoms with E-state index < -0.39 is 10.0 Å². The molecule has 0 saturated carbocycles. The minimum absolute atomic E-state index is 0.0312. The second kappa shape index (κ2) is 6.13. The van der Waals surface area contributed by atoms with Crippen molar-refractivity contribution in [3.63, 3.8) is 0 Å². The number of nitrogens with one attached hydrogen (secondary N) is 1. The third-order valence-corrected chi connectivity index (χ3v) is 7.08. The molecule has 1 unspecified atom stereocenters. The summed E-state index contributed by atoms with van der Waals surface area (Å²) in [4.78, 5) is 0.282. The van der Waals surface area contributed by atoms with Crippen molar-refractivity contribution in [2.75, 3.05) is 11.5 Å². The zero-order valence-electron chi connectivity index (χ0n) is 10.6. The van der Waals surface area contributed by atoms with E-state index in [2.05, 4.69) is 20.7 Å². The van der Waals surface area contributed by atoms with Gasteiger partial charge in [-0.2, -0.15) is 11.8 Å². The normalized spacial score (nSPS) is 19.8. The Morgan fingerprint density at radius 1 is 1.53 bits per heavy atom. The zero-order valence-corrected chi connectivity index (χ0v) is 13.9. The molecule has 3 N–H and O–H groups in total. The minimum Gasteiger partial charge on any atom is -0.326 e. The molecule has 1 atom stereocenters. The quantitative estimate of drug-likeness (QED) is 0.856. The van der Waals surface area contributed by atoms with Gasteiger partial charge in [0.25, 0.3) is 0 Å². The third-order valence-electron chi connectivity index (χ3n) is 3.06. The number of sulfonamides is 1. The number of halogens is 1. The van der Waals surface area contributed by atoms with Gasteiger partial charge in [0.1, 0.15) is 0 Å². The van der Waals surface area contributed by atoms with E-state index >= 15 is 0 Å². The lowest BCUT2D eigenvalue weighted by atomic mass is 10.1. The fourth-order valence-electron chi connectivity index (χ4n) is 2.03. The summed E-state index contributed by atoms with van der Waals surface area (Å²) >= 11 is 5.14. The second-order valence-corrected chi connectivity index (χ2v) is 8.24. The molecule has 7 heteroatoms. The molecule has 1 heterocycles. The molecule has 0 aromatic heterocycles. The van der Waals surface area contributed by atoms with Gasteiger partial charge in [0.2, 0.25) is 10.0 Å². The molecule has 0 aliphatic carbocycles. The maximum absolute atomic E-state index is 12.4. The molecule has 4 nitrogen and oxygen atoms in total. The van der Waals surface area contributed by atoms with Crippen molar-refractivity contribution >= 4 is 37.7 Å². The average molecular weight is 365 g/mol. The summed E-state index contributed by atoms with van der Waals surface area (Å²) in [6.07, 6.45) is 0.886. The molecule has 0 spiro atoms. The number of benzene rings is 1. The zero-order chi connectivity index (χ0) is 14.0. The maximum Gasteiger partial charge on any atom is 0.241 e. The number of thioether (sulfide) groups is 1. The van der Waals surface area contributed by atoms with E-state index in [1.165, 1.54) is 0 Å². The Kier molecular flexibility index (Phi) is 4.94. The Labute approximate surface area is 126 Å². The first-order valence-electron chi connectivity index (χ1n) is 6.03. The van der Waals surface area contributed by atoms with Crippen molar-refractivity contribution in [2.24, 2.45) is 5.73 Å². The van der Waals surface area contributed by atoms with Crippen LogP contribution in [0, 0.1) is 6.92 Å². The van der Waals surface area contributed by atoms with E-state index in [0.29, 0.717) is 11.0 Å². The van der Waals surface area contributed by atoms with Crippen molar-refractivity contribution in [3.8, 4) is 0 Å². The fraction of sp³-hybridized carbons (Fsp3) is 0.500. The van der Waals surface area contributed by atoms with Crippen molar-refractivity contribution in [2.45, 2.75) is 30.8 Å². The molecule has 106 valence electrons. The Morgan fingerprint density at radius 3 is 2.84 bits per heavy atom. The Balaban J connectivity index is 2.36. The Morgan fingerprint density at radius 2 is 2.26 bits per heavy atom. The molecule has 0 amide bonds. The lowest BCUT2D eigenvalue weighted by Gasteiger charge is -2.15. The van der Waals surface area contributed by atoms with E-state index in [9.17, 15) is 8.42 Å². The molecule has 19 heavy (non-hydrogen) atoms. The highest BCUT2D eigenvalue weighted by molar-refractivity contribution is 9.10. The van der Waals surface area contributed by atoms with E-state index in [-0.39, 0.29) is 10.9 Å². The number of hydrogen-bond acceptors (Lipinski definition) is 4. The molecule has 1 aliphatic heterocycles. The van der Waals surface area contributed by atoms with Gasteiger partial charge >= 0.3 is 0 Å². The summed E-state index contributed by atoms with van der Waals surface area (Å²) in [5.74, 6) is 1.85. The number of nitrogens with two attached hydrogens (primary N) is 1. The lowest BCUT2D eigenvalue weighted by molar-refractivity contribution is 0.562. The third kappa shape index (κ3) is 3.52. The molecule has 1 aromatic carbocycles. The van der Waals surface area contributed by atoms with Gasteiger partial charge in [-0.25, -0.2) is 13.1 Å². The van der Waals surface area contributed by atoms with Crippen LogP contribution in [0.25, 0.3) is 0 Å². The van der Waals surface area contributed by atoms with Gasteiger partial charge in [-0.15, -0.1) is 0 Å². The largest absolute Gasteiger partial charge is 0.326 e. The average Bonchev–Trinajstić information content (AvgIpc) is 2.84. The van der Waals surface area contributed by atoms with Gasteiger partial charge in [0.15, 0.2) is 0 Å². The summed E-state index contributed by atoms with van der Waals surface area (Å²) in [7, 11) is -3.50. The molecule has 2 rings (SSSR count). The Bertz CT molecular complexity index is 569. The van der Waals surface area contributed by atoms with Crippen molar-refractivity contribution in [1.82, 2.24) is 4.72 Å². The standard InChI is InChI=1S/C12H17BrN2O2S2/c1-8-4-9(6-14)5-11(12(8)13)19(16,17)15-10-2-3-18-7-10/h4-5,10,15H,2-3,6-7,14H2,1H3. The van der Waals surface area contributed by atoms with Crippen LogP contribution in [0.4, 0.5) is 0 Å². The summed E-state index contributed by atoms with van der Waals surface area (Å²) in [6, 6.07) is 3.57. The number of rotatable bonds is 4. The molecule has 1 aliphatic rings. The van der Waals surface area contributed by atoms with Crippen molar-refractivity contribution in [1.29, 1.82) is 0 Å². The van der Waals surface area contributed by atoms with E-state index in [0.717, 1.165) is 29.1 Å². The van der Waals surface area contributed by atoms with Crippen LogP contribution in [0.1, 0.15) is 17.5 Å². The van der Waals surface area contributed by atoms with Crippen molar-refractivity contribution < 1.29 is 8.42 Å². The molecule has 1 fully saturated rings. The van der Waals surface area contributed by atoms with Crippen LogP contribution in [-0.2, 0) is 16.6 Å². The van der Waals surface area contributed by atoms with Crippen LogP contribution in [0.5, 0.6) is 0 Å². The first kappa shape index (κ1) is 15.3. The van der Waals surface area contributed by atoms with Gasteiger partial charge in [-0.1, -0.05) is 6.07 Å². The van der Waals surface area contributed by atoms with Gasteiger partial charge in [0, 0.05) is 22.8 Å². The minimum atomic E-state index is -3.50. The predicted molar refractivity (Wildman–Crippen MR) is 82.8 cm³/mol. The summed E-state index contributed by atoms with van der Waals surface area (Å²) in [5, 5.41) is 0. The van der Waals surface area contributed by atoms with Crippen LogP contribution < -0.4 is 10.5 Å². The topological polar surface area (TPSA) is 72.2 Å². The molecule has 0 bridgehead atoms. The smallest absolute Gasteiger partial charge is 0.241 e. The highest BCUT2D eigenvalue weighted by Gasteiger charge is 2.25. The molecule has 1 saturated heterocycles. The van der Waals surface area contributed by atoms with Gasteiger partial charge in [0.05, 0.1) is 4.90 Å². The first-order valence-corrected chi connectivity index (χ1v) is 9.46. The SMILES string of the molecule is Cc1cc(CN)cc(S(=O)(=O)NC2CCSC2)c1Br. The molecule has 1 aromatic rings. The van der Waals surface area contributed by atoms with Gasteiger partial charge in [-0.3, -0.25) is 0 Å².